The molecule has 2 atom stereocenters. The van der Waals surface area contributed by atoms with Crippen LogP contribution in [0.15, 0.2) is 59.5 Å². The smallest absolute Gasteiger partial charge is 0.183 e. The minimum Gasteiger partial charge on any atom is -0.297 e. The van der Waals surface area contributed by atoms with Crippen LogP contribution in [0.1, 0.15) is 11.1 Å². The highest BCUT2D eigenvalue weighted by Gasteiger charge is 2.47. The number of hydrogen-bond acceptors (Lipinski definition) is 5. The molecular weight excluding hydrogens is 370 g/mol. The molecule has 0 N–H and O–H groups in total. The highest BCUT2D eigenvalue weighted by molar-refractivity contribution is 7.96. The molecular formula is C19H23NO4S2. The van der Waals surface area contributed by atoms with E-state index >= 15 is 0 Å². The molecule has 0 unspecified atom stereocenters. The summed E-state index contributed by atoms with van der Waals surface area (Å²) in [6, 6.07) is 15.7. The van der Waals surface area contributed by atoms with Crippen molar-refractivity contribution in [1.82, 2.24) is 4.90 Å². The van der Waals surface area contributed by atoms with Gasteiger partial charge in [0.25, 0.3) is 0 Å². The molecule has 1 aliphatic heterocycles. The normalized spacial score (nSPS) is 22.6. The first kappa shape index (κ1) is 19.1. The second kappa shape index (κ2) is 7.13. The SMILES string of the molecule is Cc1ccc(S(=O)(=O)[C@H]2CS(=O)(=O)C[C@@H]2N(C)Cc2ccccc2)cc1. The van der Waals surface area contributed by atoms with E-state index in [9.17, 15) is 16.8 Å². The monoisotopic (exact) mass is 393 g/mol. The molecule has 0 spiro atoms. The third kappa shape index (κ3) is 4.00. The summed E-state index contributed by atoms with van der Waals surface area (Å²) in [6.07, 6.45) is 0. The maximum atomic E-state index is 13.1. The zero-order chi connectivity index (χ0) is 18.9. The average molecular weight is 394 g/mol. The Morgan fingerprint density at radius 3 is 2.23 bits per heavy atom. The van der Waals surface area contributed by atoms with Gasteiger partial charge < -0.3 is 0 Å². The zero-order valence-corrected chi connectivity index (χ0v) is 16.5. The van der Waals surface area contributed by atoms with Crippen molar-refractivity contribution in [3.05, 3.63) is 65.7 Å². The first-order valence-electron chi connectivity index (χ1n) is 8.44. The van der Waals surface area contributed by atoms with Crippen molar-refractivity contribution < 1.29 is 16.8 Å². The van der Waals surface area contributed by atoms with Crippen molar-refractivity contribution in [2.24, 2.45) is 0 Å². The van der Waals surface area contributed by atoms with Crippen molar-refractivity contribution in [1.29, 1.82) is 0 Å². The quantitative estimate of drug-likeness (QED) is 0.778. The fourth-order valence-electron chi connectivity index (χ4n) is 3.40. The maximum absolute atomic E-state index is 13.1. The third-order valence-corrected chi connectivity index (χ3v) is 9.00. The number of rotatable bonds is 5. The van der Waals surface area contributed by atoms with E-state index in [0.29, 0.717) is 6.54 Å². The largest absolute Gasteiger partial charge is 0.297 e. The van der Waals surface area contributed by atoms with Crippen molar-refractivity contribution in [3.8, 4) is 0 Å². The molecule has 5 nitrogen and oxygen atoms in total. The first-order valence-corrected chi connectivity index (χ1v) is 11.8. The van der Waals surface area contributed by atoms with Crippen molar-refractivity contribution in [3.63, 3.8) is 0 Å². The van der Waals surface area contributed by atoms with E-state index in [1.165, 1.54) is 0 Å². The van der Waals surface area contributed by atoms with Crippen LogP contribution in [-0.4, -0.2) is 51.6 Å². The lowest BCUT2D eigenvalue weighted by Crippen LogP contribution is -2.44. The molecule has 26 heavy (non-hydrogen) atoms. The summed E-state index contributed by atoms with van der Waals surface area (Å²) in [5, 5.41) is -0.955. The van der Waals surface area contributed by atoms with Crippen LogP contribution in [0.2, 0.25) is 0 Å². The number of sulfone groups is 2. The summed E-state index contributed by atoms with van der Waals surface area (Å²) >= 11 is 0. The number of nitrogens with zero attached hydrogens (tertiary/aromatic N) is 1. The molecule has 140 valence electrons. The van der Waals surface area contributed by atoms with Crippen molar-refractivity contribution in [2.75, 3.05) is 18.6 Å². The molecule has 0 saturated carbocycles. The molecule has 0 aliphatic carbocycles. The molecule has 1 aliphatic rings. The minimum atomic E-state index is -3.73. The summed E-state index contributed by atoms with van der Waals surface area (Å²) in [5.41, 5.74) is 1.98. The van der Waals surface area contributed by atoms with Crippen LogP contribution in [0.4, 0.5) is 0 Å². The Kier molecular flexibility index (Phi) is 5.23. The summed E-state index contributed by atoms with van der Waals surface area (Å²) in [7, 11) is -5.35. The zero-order valence-electron chi connectivity index (χ0n) is 14.9. The van der Waals surface area contributed by atoms with Gasteiger partial charge in [0.05, 0.1) is 21.7 Å². The second-order valence-electron chi connectivity index (χ2n) is 6.94. The topological polar surface area (TPSA) is 71.5 Å². The van der Waals surface area contributed by atoms with Gasteiger partial charge in [-0.1, -0.05) is 48.0 Å². The highest BCUT2D eigenvalue weighted by Crippen LogP contribution is 2.29. The van der Waals surface area contributed by atoms with E-state index in [4.69, 9.17) is 0 Å². The Morgan fingerprint density at radius 1 is 1.00 bits per heavy atom. The number of hydrogen-bond donors (Lipinski definition) is 0. The van der Waals surface area contributed by atoms with E-state index < -0.39 is 31.0 Å². The molecule has 2 aromatic carbocycles. The van der Waals surface area contributed by atoms with Gasteiger partial charge in [0.15, 0.2) is 19.7 Å². The lowest BCUT2D eigenvalue weighted by atomic mass is 10.1. The third-order valence-electron chi connectivity index (χ3n) is 4.86. The van der Waals surface area contributed by atoms with Gasteiger partial charge in [-0.15, -0.1) is 0 Å². The van der Waals surface area contributed by atoms with Crippen LogP contribution in [0, 0.1) is 6.92 Å². The fraction of sp³-hybridized carbons (Fsp3) is 0.368. The van der Waals surface area contributed by atoms with Crippen LogP contribution in [0.25, 0.3) is 0 Å². The van der Waals surface area contributed by atoms with Gasteiger partial charge in [-0.05, 0) is 31.7 Å². The molecule has 0 amide bonds. The fourth-order valence-corrected chi connectivity index (χ4v) is 8.30. The first-order chi connectivity index (χ1) is 12.2. The molecule has 3 rings (SSSR count). The average Bonchev–Trinajstić information content (AvgIpc) is 2.93. The minimum absolute atomic E-state index is 0.133. The number of aryl methyl sites for hydroxylation is 1. The van der Waals surface area contributed by atoms with Gasteiger partial charge in [0, 0.05) is 12.6 Å². The molecule has 0 bridgehead atoms. The Hall–Kier alpha value is -1.70. The van der Waals surface area contributed by atoms with Gasteiger partial charge in [-0.2, -0.15) is 0 Å². The van der Waals surface area contributed by atoms with Crippen LogP contribution < -0.4 is 0 Å². The Bertz CT molecular complexity index is 968. The van der Waals surface area contributed by atoms with Gasteiger partial charge in [0.2, 0.25) is 0 Å². The van der Waals surface area contributed by atoms with Crippen LogP contribution in [-0.2, 0) is 26.2 Å². The molecule has 1 heterocycles. The predicted octanol–water partition coefficient (Wildman–Crippen LogP) is 2.07. The maximum Gasteiger partial charge on any atom is 0.183 e. The van der Waals surface area contributed by atoms with E-state index in [0.717, 1.165) is 11.1 Å². The summed E-state index contributed by atoms with van der Waals surface area (Å²) in [4.78, 5) is 2.03. The molecule has 1 fully saturated rings. The van der Waals surface area contributed by atoms with Crippen LogP contribution in [0.3, 0.4) is 0 Å². The van der Waals surface area contributed by atoms with Gasteiger partial charge in [-0.3, -0.25) is 4.90 Å². The lowest BCUT2D eigenvalue weighted by Gasteiger charge is -2.28. The van der Waals surface area contributed by atoms with Crippen molar-refractivity contribution in [2.45, 2.75) is 29.7 Å². The molecule has 0 aromatic heterocycles. The van der Waals surface area contributed by atoms with E-state index in [-0.39, 0.29) is 16.4 Å². The summed E-state index contributed by atoms with van der Waals surface area (Å²) < 4.78 is 50.7. The molecule has 1 saturated heterocycles. The summed E-state index contributed by atoms with van der Waals surface area (Å²) in [6.45, 7) is 2.38. The van der Waals surface area contributed by atoms with Crippen molar-refractivity contribution >= 4 is 19.7 Å². The number of benzene rings is 2. The molecule has 2 aromatic rings. The standard InChI is InChI=1S/C19H23NO4S2/c1-15-8-10-17(11-9-15)26(23,24)19-14-25(21,22)13-18(19)20(2)12-16-6-4-3-5-7-16/h3-11,18-19H,12-14H2,1-2H3/t18-,19-/m0/s1. The Labute approximate surface area is 155 Å². The lowest BCUT2D eigenvalue weighted by molar-refractivity contribution is 0.255. The molecule has 7 heteroatoms. The Balaban J connectivity index is 1.92. The summed E-state index contributed by atoms with van der Waals surface area (Å²) in [5.74, 6) is -0.459. The predicted molar refractivity (Wildman–Crippen MR) is 103 cm³/mol. The van der Waals surface area contributed by atoms with Crippen LogP contribution >= 0.6 is 0 Å². The van der Waals surface area contributed by atoms with E-state index in [1.807, 2.05) is 42.2 Å². The van der Waals surface area contributed by atoms with Gasteiger partial charge in [0.1, 0.15) is 0 Å². The van der Waals surface area contributed by atoms with Gasteiger partial charge in [-0.25, -0.2) is 16.8 Å². The second-order valence-corrected chi connectivity index (χ2v) is 11.3. The van der Waals surface area contributed by atoms with Gasteiger partial charge >= 0.3 is 0 Å². The van der Waals surface area contributed by atoms with Crippen LogP contribution in [0.5, 0.6) is 0 Å². The molecule has 0 radical (unpaired) electrons. The highest BCUT2D eigenvalue weighted by atomic mass is 32.2. The van der Waals surface area contributed by atoms with E-state index in [2.05, 4.69) is 0 Å². The Morgan fingerprint density at radius 2 is 1.62 bits per heavy atom. The van der Waals surface area contributed by atoms with E-state index in [1.54, 1.807) is 31.3 Å².